The van der Waals surface area contributed by atoms with E-state index in [2.05, 4.69) is 0 Å². The monoisotopic (exact) mass is 258 g/mol. The summed E-state index contributed by atoms with van der Waals surface area (Å²) in [7, 11) is 0. The molecule has 0 atom stereocenters. The van der Waals surface area contributed by atoms with E-state index in [-0.39, 0.29) is 35.9 Å². The van der Waals surface area contributed by atoms with Crippen molar-refractivity contribution in [3.8, 4) is 11.5 Å². The summed E-state index contributed by atoms with van der Waals surface area (Å²) in [5.41, 5.74) is 1.66. The fraction of sp³-hybridized carbons (Fsp3) is 0.133. The van der Waals surface area contributed by atoms with Gasteiger partial charge < -0.3 is 15.3 Å². The Balaban J connectivity index is 2.18. The Morgan fingerprint density at radius 2 is 1.58 bits per heavy atom. The molecule has 0 saturated heterocycles. The van der Waals surface area contributed by atoms with Crippen LogP contribution < -0.4 is 0 Å². The fourth-order valence-electron chi connectivity index (χ4n) is 1.79. The zero-order valence-electron chi connectivity index (χ0n) is 10.2. The molecule has 0 amide bonds. The van der Waals surface area contributed by atoms with E-state index in [9.17, 15) is 15.0 Å². The summed E-state index contributed by atoms with van der Waals surface area (Å²) < 4.78 is 0. The predicted molar refractivity (Wildman–Crippen MR) is 70.2 cm³/mol. The van der Waals surface area contributed by atoms with Gasteiger partial charge in [-0.2, -0.15) is 0 Å². The minimum Gasteiger partial charge on any atom is -0.508 e. The van der Waals surface area contributed by atoms with Gasteiger partial charge in [0.2, 0.25) is 0 Å². The lowest BCUT2D eigenvalue weighted by atomic mass is 10.0. The first-order valence-electron chi connectivity index (χ1n) is 5.84. The lowest BCUT2D eigenvalue weighted by molar-refractivity contribution is 0.0990. The van der Waals surface area contributed by atoms with Crippen LogP contribution in [0.15, 0.2) is 42.5 Å². The van der Waals surface area contributed by atoms with Gasteiger partial charge in [-0.15, -0.1) is 0 Å². The number of aromatic hydroxyl groups is 2. The molecule has 0 radical (unpaired) electrons. The number of carbonyl (C=O) groups is 1. The number of Topliss-reactive ketones (excluding diaryl/α,β-unsaturated/α-hetero) is 1. The van der Waals surface area contributed by atoms with Gasteiger partial charge in [0, 0.05) is 6.42 Å². The third-order valence-corrected chi connectivity index (χ3v) is 2.85. The summed E-state index contributed by atoms with van der Waals surface area (Å²) in [6, 6.07) is 10.8. The number of carbonyl (C=O) groups excluding carboxylic acids is 1. The summed E-state index contributed by atoms with van der Waals surface area (Å²) in [4.78, 5) is 12.0. The lowest BCUT2D eigenvalue weighted by Gasteiger charge is -2.05. The molecule has 0 unspecified atom stereocenters. The average Bonchev–Trinajstić information content (AvgIpc) is 2.42. The van der Waals surface area contributed by atoms with Crippen LogP contribution in [0.3, 0.4) is 0 Å². The Hall–Kier alpha value is -2.33. The maximum atomic E-state index is 12.0. The largest absolute Gasteiger partial charge is 0.508 e. The van der Waals surface area contributed by atoms with E-state index >= 15 is 0 Å². The van der Waals surface area contributed by atoms with Crippen molar-refractivity contribution >= 4 is 5.78 Å². The normalized spacial score (nSPS) is 10.4. The van der Waals surface area contributed by atoms with E-state index in [1.165, 1.54) is 18.2 Å². The van der Waals surface area contributed by atoms with Crippen LogP contribution >= 0.6 is 0 Å². The van der Waals surface area contributed by atoms with Gasteiger partial charge in [0.25, 0.3) is 0 Å². The van der Waals surface area contributed by atoms with Crippen molar-refractivity contribution in [2.45, 2.75) is 13.0 Å². The van der Waals surface area contributed by atoms with E-state index in [1.54, 1.807) is 24.3 Å². The van der Waals surface area contributed by atoms with E-state index in [0.717, 1.165) is 11.1 Å². The van der Waals surface area contributed by atoms with Crippen molar-refractivity contribution in [1.82, 2.24) is 0 Å². The third kappa shape index (κ3) is 3.11. The Bertz CT molecular complexity index is 588. The molecule has 0 spiro atoms. The lowest BCUT2D eigenvalue weighted by Crippen LogP contribution is -2.04. The fourth-order valence-corrected chi connectivity index (χ4v) is 1.79. The second-order valence-corrected chi connectivity index (χ2v) is 4.28. The van der Waals surface area contributed by atoms with Crippen molar-refractivity contribution in [1.29, 1.82) is 0 Å². The number of phenolic OH excluding ortho intramolecular Hbond substituents is 2. The number of hydrogen-bond acceptors (Lipinski definition) is 4. The average molecular weight is 258 g/mol. The van der Waals surface area contributed by atoms with Crippen molar-refractivity contribution in [3.63, 3.8) is 0 Å². The molecule has 0 aliphatic carbocycles. The minimum atomic E-state index is -0.273. The van der Waals surface area contributed by atoms with Crippen LogP contribution in [0.4, 0.5) is 0 Å². The molecule has 4 nitrogen and oxygen atoms in total. The number of ketones is 1. The molecule has 0 bridgehead atoms. The first-order valence-corrected chi connectivity index (χ1v) is 5.84. The quantitative estimate of drug-likeness (QED) is 0.579. The molecule has 3 N–H and O–H groups in total. The van der Waals surface area contributed by atoms with Crippen LogP contribution in [0.1, 0.15) is 21.5 Å². The molecule has 0 saturated carbocycles. The van der Waals surface area contributed by atoms with E-state index in [0.29, 0.717) is 0 Å². The molecule has 4 heteroatoms. The van der Waals surface area contributed by atoms with Crippen LogP contribution in [0.25, 0.3) is 0 Å². The van der Waals surface area contributed by atoms with Crippen LogP contribution in [0.5, 0.6) is 11.5 Å². The zero-order chi connectivity index (χ0) is 13.8. The minimum absolute atomic E-state index is 0.0401. The van der Waals surface area contributed by atoms with Gasteiger partial charge in [-0.25, -0.2) is 0 Å². The van der Waals surface area contributed by atoms with Gasteiger partial charge in [0.05, 0.1) is 12.2 Å². The van der Waals surface area contributed by atoms with E-state index in [4.69, 9.17) is 5.11 Å². The summed E-state index contributed by atoms with van der Waals surface area (Å²) in [5.74, 6) is -0.475. The number of aliphatic hydroxyl groups is 1. The Kier molecular flexibility index (Phi) is 3.82. The Morgan fingerprint density at radius 3 is 2.21 bits per heavy atom. The van der Waals surface area contributed by atoms with Gasteiger partial charge in [0.1, 0.15) is 11.5 Å². The second kappa shape index (κ2) is 5.54. The van der Waals surface area contributed by atoms with Crippen molar-refractivity contribution in [2.24, 2.45) is 0 Å². The highest BCUT2D eigenvalue weighted by Crippen LogP contribution is 2.23. The third-order valence-electron chi connectivity index (χ3n) is 2.85. The van der Waals surface area contributed by atoms with Crippen LogP contribution in [-0.4, -0.2) is 21.1 Å². The van der Waals surface area contributed by atoms with Crippen molar-refractivity contribution < 1.29 is 20.1 Å². The molecule has 2 rings (SSSR count). The van der Waals surface area contributed by atoms with Gasteiger partial charge in [0.15, 0.2) is 5.78 Å². The highest BCUT2D eigenvalue weighted by Gasteiger charge is 2.12. The van der Waals surface area contributed by atoms with E-state index in [1.807, 2.05) is 0 Å². The molecular weight excluding hydrogens is 244 g/mol. The Labute approximate surface area is 110 Å². The van der Waals surface area contributed by atoms with Crippen molar-refractivity contribution in [2.75, 3.05) is 0 Å². The summed E-state index contributed by atoms with van der Waals surface area (Å²) in [5, 5.41) is 27.9. The number of benzene rings is 2. The van der Waals surface area contributed by atoms with Gasteiger partial charge in [-0.1, -0.05) is 24.3 Å². The molecule has 19 heavy (non-hydrogen) atoms. The smallest absolute Gasteiger partial charge is 0.171 e. The molecule has 2 aromatic carbocycles. The maximum absolute atomic E-state index is 12.0. The molecule has 0 aromatic heterocycles. The SMILES string of the molecule is O=C(Cc1ccc(CO)cc1)c1cc(O)ccc1O. The number of rotatable bonds is 4. The predicted octanol–water partition coefficient (Wildman–Crippen LogP) is 2.02. The molecule has 0 fully saturated rings. The Morgan fingerprint density at radius 1 is 0.947 bits per heavy atom. The summed E-state index contributed by atoms with van der Waals surface area (Å²) in [6.45, 7) is -0.0401. The van der Waals surface area contributed by atoms with Crippen LogP contribution in [0.2, 0.25) is 0 Å². The van der Waals surface area contributed by atoms with Crippen LogP contribution in [0, 0.1) is 0 Å². The van der Waals surface area contributed by atoms with Gasteiger partial charge in [-0.05, 0) is 29.3 Å². The molecule has 0 aliphatic heterocycles. The topological polar surface area (TPSA) is 77.8 Å². The number of phenols is 2. The van der Waals surface area contributed by atoms with Crippen molar-refractivity contribution in [3.05, 3.63) is 59.2 Å². The first kappa shape index (κ1) is 13.1. The zero-order valence-corrected chi connectivity index (χ0v) is 10.2. The summed E-state index contributed by atoms with van der Waals surface area (Å²) >= 11 is 0. The number of aliphatic hydroxyl groups excluding tert-OH is 1. The first-order chi connectivity index (χ1) is 9.10. The second-order valence-electron chi connectivity index (χ2n) is 4.28. The number of hydrogen-bond donors (Lipinski definition) is 3. The van der Waals surface area contributed by atoms with Gasteiger partial charge in [-0.3, -0.25) is 4.79 Å². The molecule has 2 aromatic rings. The highest BCUT2D eigenvalue weighted by molar-refractivity contribution is 6.00. The standard InChI is InChI=1S/C15H14O4/c16-9-11-3-1-10(2-4-11)7-15(19)13-8-12(17)5-6-14(13)18/h1-6,8,16-18H,7,9H2. The van der Waals surface area contributed by atoms with Crippen LogP contribution in [-0.2, 0) is 13.0 Å². The molecule has 0 heterocycles. The maximum Gasteiger partial charge on any atom is 0.171 e. The van der Waals surface area contributed by atoms with E-state index < -0.39 is 0 Å². The highest BCUT2D eigenvalue weighted by atomic mass is 16.3. The molecule has 0 aliphatic rings. The molecular formula is C15H14O4. The summed E-state index contributed by atoms with van der Waals surface area (Å²) in [6.07, 6.45) is 0.128. The molecule has 98 valence electrons. The van der Waals surface area contributed by atoms with Gasteiger partial charge >= 0.3 is 0 Å².